The molecule has 3 rings (SSSR count). The van der Waals surface area contributed by atoms with E-state index in [2.05, 4.69) is 52.9 Å². The predicted molar refractivity (Wildman–Crippen MR) is 121 cm³/mol. The number of nitrogens with one attached hydrogen (secondary N) is 1. The smallest absolute Gasteiger partial charge is 0.193 e. The molecule has 1 N–H and O–H groups in total. The first-order valence-electron chi connectivity index (χ1n) is 9.20. The van der Waals surface area contributed by atoms with Crippen LogP contribution in [0.2, 0.25) is 0 Å². The molecular weight excluding hydrogens is 457 g/mol. The van der Waals surface area contributed by atoms with Crippen LogP contribution in [0.3, 0.4) is 0 Å². The molecule has 0 aromatic carbocycles. The van der Waals surface area contributed by atoms with Crippen LogP contribution in [0.1, 0.15) is 36.6 Å². The normalized spacial score (nSPS) is 18.7. The summed E-state index contributed by atoms with van der Waals surface area (Å²) in [5.41, 5.74) is 1.34. The molecule has 144 valence electrons. The van der Waals surface area contributed by atoms with Gasteiger partial charge in [0.05, 0.1) is 6.20 Å². The largest absolute Gasteiger partial charge is 0.357 e. The minimum Gasteiger partial charge on any atom is -0.357 e. The van der Waals surface area contributed by atoms with E-state index in [1.54, 1.807) is 0 Å². The van der Waals surface area contributed by atoms with Crippen LogP contribution in [-0.2, 0) is 13.5 Å². The highest BCUT2D eigenvalue weighted by Crippen LogP contribution is 2.26. The lowest BCUT2D eigenvalue weighted by atomic mass is 10.0. The van der Waals surface area contributed by atoms with Crippen LogP contribution in [0.4, 0.5) is 0 Å². The van der Waals surface area contributed by atoms with Gasteiger partial charge in [-0.05, 0) is 42.7 Å². The minimum atomic E-state index is 0. The maximum Gasteiger partial charge on any atom is 0.193 e. The van der Waals surface area contributed by atoms with Gasteiger partial charge in [-0.15, -0.1) is 35.3 Å². The van der Waals surface area contributed by atoms with Crippen molar-refractivity contribution in [1.29, 1.82) is 0 Å². The Bertz CT molecular complexity index is 682. The second-order valence-corrected chi connectivity index (χ2v) is 7.99. The molecule has 1 saturated heterocycles. The van der Waals surface area contributed by atoms with E-state index in [1.165, 1.54) is 16.9 Å². The van der Waals surface area contributed by atoms with E-state index in [0.717, 1.165) is 38.6 Å². The SMILES string of the molecule is CCNC(=NCC(C)Cc1cccs1)N1CCC(c2cnn(C)c2)C1.I. The first-order chi connectivity index (χ1) is 12.2. The van der Waals surface area contributed by atoms with Crippen LogP contribution in [0.5, 0.6) is 0 Å². The standard InChI is InChI=1S/C19H29N5S.HI/c1-4-20-19(21-11-15(2)10-18-6-5-9-25-18)24-8-7-16(14-24)17-12-22-23(3)13-17;/h5-6,9,12-13,15-16H,4,7-8,10-11,14H2,1-3H3,(H,20,21);1H. The molecule has 5 nitrogen and oxygen atoms in total. The molecule has 3 heterocycles. The average Bonchev–Trinajstić information content (AvgIpc) is 3.32. The highest BCUT2D eigenvalue weighted by molar-refractivity contribution is 14.0. The average molecular weight is 487 g/mol. The minimum absolute atomic E-state index is 0. The number of thiophene rings is 1. The lowest BCUT2D eigenvalue weighted by Gasteiger charge is -2.22. The summed E-state index contributed by atoms with van der Waals surface area (Å²) in [7, 11) is 1.98. The Morgan fingerprint density at radius 3 is 3.00 bits per heavy atom. The molecule has 1 aliphatic rings. The molecule has 1 aliphatic heterocycles. The number of nitrogens with zero attached hydrogens (tertiary/aromatic N) is 4. The monoisotopic (exact) mass is 487 g/mol. The van der Waals surface area contributed by atoms with E-state index < -0.39 is 0 Å². The lowest BCUT2D eigenvalue weighted by Crippen LogP contribution is -2.40. The van der Waals surface area contributed by atoms with Gasteiger partial charge in [0.1, 0.15) is 0 Å². The van der Waals surface area contributed by atoms with Crippen molar-refractivity contribution in [3.63, 3.8) is 0 Å². The molecule has 26 heavy (non-hydrogen) atoms. The Morgan fingerprint density at radius 2 is 2.35 bits per heavy atom. The van der Waals surface area contributed by atoms with Crippen LogP contribution >= 0.6 is 35.3 Å². The Kier molecular flexibility index (Phi) is 8.40. The number of halogens is 1. The summed E-state index contributed by atoms with van der Waals surface area (Å²) in [5.74, 6) is 2.18. The number of aliphatic imine (C=N–C) groups is 1. The molecule has 2 aromatic rings. The maximum absolute atomic E-state index is 4.92. The van der Waals surface area contributed by atoms with Gasteiger partial charge in [0.15, 0.2) is 5.96 Å². The molecule has 0 bridgehead atoms. The van der Waals surface area contributed by atoms with Gasteiger partial charge in [-0.2, -0.15) is 5.10 Å². The summed E-state index contributed by atoms with van der Waals surface area (Å²) in [6.45, 7) is 8.29. The summed E-state index contributed by atoms with van der Waals surface area (Å²) in [6.07, 6.45) is 6.42. The second-order valence-electron chi connectivity index (χ2n) is 6.96. The zero-order valence-electron chi connectivity index (χ0n) is 15.9. The quantitative estimate of drug-likeness (QED) is 0.384. The van der Waals surface area contributed by atoms with Crippen molar-refractivity contribution in [2.75, 3.05) is 26.2 Å². The highest BCUT2D eigenvalue weighted by atomic mass is 127. The molecule has 0 spiro atoms. The molecule has 2 atom stereocenters. The maximum atomic E-state index is 4.92. The zero-order valence-corrected chi connectivity index (χ0v) is 19.0. The molecule has 7 heteroatoms. The molecule has 0 amide bonds. The van der Waals surface area contributed by atoms with E-state index in [-0.39, 0.29) is 24.0 Å². The molecule has 0 saturated carbocycles. The Morgan fingerprint density at radius 1 is 1.50 bits per heavy atom. The summed E-state index contributed by atoms with van der Waals surface area (Å²) in [4.78, 5) is 8.78. The van der Waals surface area contributed by atoms with E-state index in [4.69, 9.17) is 4.99 Å². The van der Waals surface area contributed by atoms with Crippen LogP contribution < -0.4 is 5.32 Å². The third kappa shape index (κ3) is 5.70. The number of rotatable bonds is 6. The van der Waals surface area contributed by atoms with Gasteiger partial charge < -0.3 is 10.2 Å². The van der Waals surface area contributed by atoms with Crippen molar-refractivity contribution in [2.45, 2.75) is 32.6 Å². The Labute approximate surface area is 177 Å². The molecule has 0 aliphatic carbocycles. The van der Waals surface area contributed by atoms with Gasteiger partial charge in [0, 0.05) is 50.2 Å². The molecule has 2 unspecified atom stereocenters. The summed E-state index contributed by atoms with van der Waals surface area (Å²) in [6, 6.07) is 4.35. The van der Waals surface area contributed by atoms with Crippen molar-refractivity contribution in [1.82, 2.24) is 20.0 Å². The van der Waals surface area contributed by atoms with Gasteiger partial charge in [-0.1, -0.05) is 13.0 Å². The lowest BCUT2D eigenvalue weighted by molar-refractivity contribution is 0.480. The summed E-state index contributed by atoms with van der Waals surface area (Å²) >= 11 is 1.84. The van der Waals surface area contributed by atoms with Crippen LogP contribution in [0, 0.1) is 5.92 Å². The van der Waals surface area contributed by atoms with Crippen LogP contribution in [0.15, 0.2) is 34.9 Å². The van der Waals surface area contributed by atoms with Crippen molar-refractivity contribution in [3.05, 3.63) is 40.3 Å². The topological polar surface area (TPSA) is 45.5 Å². The second kappa shape index (κ2) is 10.3. The number of aromatic nitrogens is 2. The molecule has 2 aromatic heterocycles. The number of aryl methyl sites for hydroxylation is 1. The Balaban J connectivity index is 0.00000243. The number of likely N-dealkylation sites (tertiary alicyclic amines) is 1. The summed E-state index contributed by atoms with van der Waals surface area (Å²) < 4.78 is 1.89. The van der Waals surface area contributed by atoms with Crippen LogP contribution in [0.25, 0.3) is 0 Å². The third-order valence-electron chi connectivity index (χ3n) is 4.70. The van der Waals surface area contributed by atoms with Crippen molar-refractivity contribution >= 4 is 41.3 Å². The van der Waals surface area contributed by atoms with Gasteiger partial charge in [-0.3, -0.25) is 9.67 Å². The zero-order chi connectivity index (χ0) is 17.6. The molecule has 1 fully saturated rings. The Hall–Kier alpha value is -1.09. The van der Waals surface area contributed by atoms with E-state index in [1.807, 2.05) is 29.3 Å². The van der Waals surface area contributed by atoms with Gasteiger partial charge in [0.25, 0.3) is 0 Å². The fraction of sp³-hybridized carbons (Fsp3) is 0.579. The third-order valence-corrected chi connectivity index (χ3v) is 5.60. The predicted octanol–water partition coefficient (Wildman–Crippen LogP) is 3.73. The number of hydrogen-bond acceptors (Lipinski definition) is 3. The van der Waals surface area contributed by atoms with Crippen LogP contribution in [-0.4, -0.2) is 46.8 Å². The van der Waals surface area contributed by atoms with E-state index in [9.17, 15) is 0 Å². The van der Waals surface area contributed by atoms with Crippen molar-refractivity contribution in [3.8, 4) is 0 Å². The van der Waals surface area contributed by atoms with Crippen molar-refractivity contribution < 1.29 is 0 Å². The van der Waals surface area contributed by atoms with E-state index in [0.29, 0.717) is 11.8 Å². The van der Waals surface area contributed by atoms with Gasteiger partial charge in [-0.25, -0.2) is 0 Å². The fourth-order valence-corrected chi connectivity index (χ4v) is 4.25. The molecule has 0 radical (unpaired) electrons. The van der Waals surface area contributed by atoms with Gasteiger partial charge >= 0.3 is 0 Å². The van der Waals surface area contributed by atoms with E-state index >= 15 is 0 Å². The summed E-state index contributed by atoms with van der Waals surface area (Å²) in [5, 5.41) is 9.94. The highest BCUT2D eigenvalue weighted by Gasteiger charge is 2.26. The van der Waals surface area contributed by atoms with Gasteiger partial charge in [0.2, 0.25) is 0 Å². The first-order valence-corrected chi connectivity index (χ1v) is 10.1. The number of guanidine groups is 1. The molecular formula is C19H30IN5S. The first kappa shape index (κ1) is 21.2. The fourth-order valence-electron chi connectivity index (χ4n) is 3.38. The number of hydrogen-bond donors (Lipinski definition) is 1. The van der Waals surface area contributed by atoms with Crippen molar-refractivity contribution in [2.24, 2.45) is 18.0 Å².